The van der Waals surface area contributed by atoms with Gasteiger partial charge in [-0.2, -0.15) is 0 Å². The van der Waals surface area contributed by atoms with E-state index in [-0.39, 0.29) is 5.41 Å². The van der Waals surface area contributed by atoms with E-state index in [1.807, 2.05) is 0 Å². The van der Waals surface area contributed by atoms with Crippen LogP contribution in [0.4, 0.5) is 0 Å². The predicted molar refractivity (Wildman–Crippen MR) is 58.4 cm³/mol. The lowest BCUT2D eigenvalue weighted by atomic mass is 9.68. The summed E-state index contributed by atoms with van der Waals surface area (Å²) in [6.07, 6.45) is 8.60. The summed E-state index contributed by atoms with van der Waals surface area (Å²) in [5.74, 6) is 2.88. The van der Waals surface area contributed by atoms with Gasteiger partial charge in [0.15, 0.2) is 0 Å². The van der Waals surface area contributed by atoms with Crippen molar-refractivity contribution in [2.45, 2.75) is 26.2 Å². The maximum Gasteiger partial charge on any atom is 0.142 e. The number of carbonyl (C=O) groups excluding carboxylic acids is 1. The minimum Gasteiger partial charge on any atom is -0.299 e. The number of hydrogen-bond donors (Lipinski definition) is 0. The third-order valence-electron chi connectivity index (χ3n) is 4.42. The van der Waals surface area contributed by atoms with E-state index in [2.05, 4.69) is 13.0 Å². The molecule has 4 atom stereocenters. The van der Waals surface area contributed by atoms with E-state index >= 15 is 0 Å². The van der Waals surface area contributed by atoms with E-state index in [0.29, 0.717) is 5.92 Å². The highest BCUT2D eigenvalue weighted by Crippen LogP contribution is 2.60. The van der Waals surface area contributed by atoms with Crippen LogP contribution < -0.4 is 0 Å². The molecule has 2 bridgehead atoms. The second-order valence-corrected chi connectivity index (χ2v) is 5.20. The van der Waals surface area contributed by atoms with Crippen molar-refractivity contribution in [2.24, 2.45) is 23.2 Å². The molecular formula is C12H17ClO. The van der Waals surface area contributed by atoms with Gasteiger partial charge in [-0.25, -0.2) is 0 Å². The first kappa shape index (κ1) is 10.2. The van der Waals surface area contributed by atoms with Crippen molar-refractivity contribution in [2.75, 3.05) is 5.88 Å². The Bertz CT molecular complexity index is 261. The fourth-order valence-electron chi connectivity index (χ4n) is 3.56. The molecule has 0 spiro atoms. The summed E-state index contributed by atoms with van der Waals surface area (Å²) in [4.78, 5) is 10.4. The van der Waals surface area contributed by atoms with Gasteiger partial charge in [-0.05, 0) is 48.5 Å². The molecule has 0 heterocycles. The van der Waals surface area contributed by atoms with Gasteiger partial charge >= 0.3 is 0 Å². The summed E-state index contributed by atoms with van der Waals surface area (Å²) in [7, 11) is 0. The average Bonchev–Trinajstić information content (AvgIpc) is 2.74. The van der Waals surface area contributed by atoms with Crippen molar-refractivity contribution >= 4 is 17.9 Å². The zero-order valence-corrected chi connectivity index (χ0v) is 9.33. The highest BCUT2D eigenvalue weighted by atomic mass is 35.5. The molecule has 0 saturated heterocycles. The van der Waals surface area contributed by atoms with Crippen molar-refractivity contribution < 1.29 is 4.79 Å². The van der Waals surface area contributed by atoms with E-state index < -0.39 is 0 Å². The van der Waals surface area contributed by atoms with Gasteiger partial charge in [-0.1, -0.05) is 13.0 Å². The van der Waals surface area contributed by atoms with Crippen molar-refractivity contribution in [1.82, 2.24) is 0 Å². The zero-order valence-electron chi connectivity index (χ0n) is 8.58. The monoisotopic (exact) mass is 212 g/mol. The Kier molecular flexibility index (Phi) is 2.70. The molecule has 14 heavy (non-hydrogen) atoms. The SMILES string of the molecule is C[C@@]1(C=CC=O)[C@H]2CC[C@H](C2)[C@H]1CCl. The summed E-state index contributed by atoms with van der Waals surface area (Å²) < 4.78 is 0. The maximum atomic E-state index is 10.4. The molecule has 2 heteroatoms. The van der Waals surface area contributed by atoms with Gasteiger partial charge in [0.05, 0.1) is 0 Å². The molecule has 0 aromatic carbocycles. The molecule has 2 aliphatic carbocycles. The first-order valence-corrected chi connectivity index (χ1v) is 5.94. The minimum absolute atomic E-state index is 0.186. The highest BCUT2D eigenvalue weighted by molar-refractivity contribution is 6.18. The van der Waals surface area contributed by atoms with E-state index in [1.165, 1.54) is 19.3 Å². The molecule has 0 amide bonds. The van der Waals surface area contributed by atoms with Crippen molar-refractivity contribution in [3.63, 3.8) is 0 Å². The first-order chi connectivity index (χ1) is 6.72. The summed E-state index contributed by atoms with van der Waals surface area (Å²) in [6, 6.07) is 0. The number of hydrogen-bond acceptors (Lipinski definition) is 1. The van der Waals surface area contributed by atoms with E-state index in [1.54, 1.807) is 6.08 Å². The molecule has 0 N–H and O–H groups in total. The second-order valence-electron chi connectivity index (χ2n) is 4.89. The van der Waals surface area contributed by atoms with Crippen LogP contribution in [0.2, 0.25) is 0 Å². The molecule has 0 radical (unpaired) electrons. The fraction of sp³-hybridized carbons (Fsp3) is 0.750. The van der Waals surface area contributed by atoms with E-state index in [4.69, 9.17) is 11.6 Å². The van der Waals surface area contributed by atoms with Crippen LogP contribution in [0.15, 0.2) is 12.2 Å². The zero-order chi connectivity index (χ0) is 10.2. The molecule has 1 nitrogen and oxygen atoms in total. The van der Waals surface area contributed by atoms with Gasteiger partial charge in [-0.15, -0.1) is 11.6 Å². The molecule has 2 rings (SSSR count). The largest absolute Gasteiger partial charge is 0.299 e. The lowest BCUT2D eigenvalue weighted by Crippen LogP contribution is -2.32. The number of aldehydes is 1. The van der Waals surface area contributed by atoms with Crippen LogP contribution in [-0.2, 0) is 4.79 Å². The quantitative estimate of drug-likeness (QED) is 0.399. The lowest BCUT2D eigenvalue weighted by molar-refractivity contribution is -0.104. The first-order valence-electron chi connectivity index (χ1n) is 5.41. The van der Waals surface area contributed by atoms with Crippen LogP contribution in [0.25, 0.3) is 0 Å². The predicted octanol–water partition coefficient (Wildman–Crippen LogP) is 3.03. The Morgan fingerprint density at radius 2 is 2.29 bits per heavy atom. The Balaban J connectivity index is 2.23. The number of halogens is 1. The molecule has 0 aromatic heterocycles. The molecule has 2 saturated carbocycles. The molecule has 2 aliphatic rings. The summed E-state index contributed by atoms with van der Waals surface area (Å²) >= 11 is 6.04. The Morgan fingerprint density at radius 3 is 2.93 bits per heavy atom. The summed E-state index contributed by atoms with van der Waals surface area (Å²) in [5.41, 5.74) is 0.186. The number of carbonyl (C=O) groups is 1. The normalized spacial score (nSPS) is 46.3. The van der Waals surface area contributed by atoms with Gasteiger partial charge in [-0.3, -0.25) is 4.79 Å². The van der Waals surface area contributed by atoms with Crippen LogP contribution in [0.3, 0.4) is 0 Å². The smallest absolute Gasteiger partial charge is 0.142 e. The number of alkyl halides is 1. The fourth-order valence-corrected chi connectivity index (χ4v) is 4.14. The lowest BCUT2D eigenvalue weighted by Gasteiger charge is -2.38. The molecule has 0 unspecified atom stereocenters. The van der Waals surface area contributed by atoms with Gasteiger partial charge in [0, 0.05) is 5.88 Å². The van der Waals surface area contributed by atoms with Crippen molar-refractivity contribution in [1.29, 1.82) is 0 Å². The van der Waals surface area contributed by atoms with Crippen LogP contribution in [0.5, 0.6) is 0 Å². The van der Waals surface area contributed by atoms with Gasteiger partial charge in [0.1, 0.15) is 6.29 Å². The summed E-state index contributed by atoms with van der Waals surface area (Å²) in [5, 5.41) is 0. The van der Waals surface area contributed by atoms with Crippen LogP contribution in [-0.4, -0.2) is 12.2 Å². The van der Waals surface area contributed by atoms with Gasteiger partial charge in [0.2, 0.25) is 0 Å². The van der Waals surface area contributed by atoms with Crippen LogP contribution in [0.1, 0.15) is 26.2 Å². The topological polar surface area (TPSA) is 17.1 Å². The number of allylic oxidation sites excluding steroid dienone is 2. The molecule has 0 aromatic rings. The second kappa shape index (κ2) is 3.69. The average molecular weight is 213 g/mol. The molecule has 0 aliphatic heterocycles. The van der Waals surface area contributed by atoms with Crippen LogP contribution in [0, 0.1) is 23.2 Å². The Morgan fingerprint density at radius 1 is 1.50 bits per heavy atom. The maximum absolute atomic E-state index is 10.4. The third-order valence-corrected chi connectivity index (χ3v) is 4.75. The van der Waals surface area contributed by atoms with E-state index in [0.717, 1.165) is 24.0 Å². The number of rotatable bonds is 3. The van der Waals surface area contributed by atoms with E-state index in [9.17, 15) is 4.79 Å². The molecular weight excluding hydrogens is 196 g/mol. The Labute approximate surface area is 90.5 Å². The standard InChI is InChI=1S/C12H17ClO/c1-12(5-2-6-14)10-4-3-9(7-10)11(12)8-13/h2,5-6,9-11H,3-4,7-8H2,1H3/t9-,10+,11-,12-/m1/s1. The van der Waals surface area contributed by atoms with Crippen molar-refractivity contribution in [3.05, 3.63) is 12.2 Å². The highest BCUT2D eigenvalue weighted by Gasteiger charge is 2.53. The summed E-state index contributed by atoms with van der Waals surface area (Å²) in [6.45, 7) is 2.27. The van der Waals surface area contributed by atoms with Gasteiger partial charge in [0.25, 0.3) is 0 Å². The van der Waals surface area contributed by atoms with Crippen molar-refractivity contribution in [3.8, 4) is 0 Å². The number of fused-ring (bicyclic) bond motifs is 2. The third kappa shape index (κ3) is 1.33. The van der Waals surface area contributed by atoms with Gasteiger partial charge < -0.3 is 0 Å². The molecule has 78 valence electrons. The minimum atomic E-state index is 0.186. The Hall–Kier alpha value is -0.300. The molecule has 2 fully saturated rings. The van der Waals surface area contributed by atoms with Crippen LogP contribution >= 0.6 is 11.6 Å².